The summed E-state index contributed by atoms with van der Waals surface area (Å²) in [6, 6.07) is 7.25. The third kappa shape index (κ3) is 5.19. The number of ether oxygens (including phenoxy) is 1. The number of nitrogens with two attached hydrogens (primary N) is 1. The fraction of sp³-hybridized carbons (Fsp3) is 0.278. The standard InChI is InChI=1S/C18H19N3O3/c1-2-3-8-24-17-15(11-20)9-13(10-16(17)12-21)4-5-14(6-7-19)18(22)23/h5-7,9-10H,2-4,8,19H2,1H3,(H,22,23)/b7-6-,14-5+. The van der Waals surface area contributed by atoms with Crippen LogP contribution in [0.3, 0.4) is 0 Å². The minimum absolute atomic E-state index is 0.0396. The third-order valence-electron chi connectivity index (χ3n) is 3.21. The van der Waals surface area contributed by atoms with Gasteiger partial charge in [-0.3, -0.25) is 0 Å². The maximum atomic E-state index is 11.1. The van der Waals surface area contributed by atoms with Gasteiger partial charge in [-0.15, -0.1) is 0 Å². The highest BCUT2D eigenvalue weighted by molar-refractivity contribution is 5.89. The number of rotatable bonds is 8. The summed E-state index contributed by atoms with van der Waals surface area (Å²) >= 11 is 0. The fourth-order valence-electron chi connectivity index (χ4n) is 2.00. The summed E-state index contributed by atoms with van der Waals surface area (Å²) in [6.07, 6.45) is 5.92. The van der Waals surface area contributed by atoms with Crippen LogP contribution < -0.4 is 10.5 Å². The first-order valence-corrected chi connectivity index (χ1v) is 7.49. The summed E-state index contributed by atoms with van der Waals surface area (Å²) < 4.78 is 5.57. The van der Waals surface area contributed by atoms with Crippen molar-refractivity contribution >= 4 is 5.97 Å². The van der Waals surface area contributed by atoms with Crippen molar-refractivity contribution in [3.63, 3.8) is 0 Å². The Morgan fingerprint density at radius 3 is 2.42 bits per heavy atom. The van der Waals surface area contributed by atoms with Gasteiger partial charge in [-0.1, -0.05) is 19.4 Å². The zero-order chi connectivity index (χ0) is 17.9. The number of aliphatic carboxylic acids is 1. The van der Waals surface area contributed by atoms with E-state index in [0.717, 1.165) is 19.0 Å². The minimum atomic E-state index is -1.10. The lowest BCUT2D eigenvalue weighted by Crippen LogP contribution is -2.03. The molecule has 6 heteroatoms. The Balaban J connectivity index is 3.15. The first-order valence-electron chi connectivity index (χ1n) is 7.49. The molecule has 0 fully saturated rings. The number of nitrogens with zero attached hydrogens (tertiary/aromatic N) is 2. The lowest BCUT2D eigenvalue weighted by molar-refractivity contribution is -0.132. The number of allylic oxidation sites excluding steroid dienone is 1. The van der Waals surface area contributed by atoms with Crippen LogP contribution in [0.2, 0.25) is 0 Å². The quantitative estimate of drug-likeness (QED) is 0.430. The maximum absolute atomic E-state index is 11.1. The second kappa shape index (κ2) is 9.70. The number of carboxylic acid groups (broad SMARTS) is 1. The lowest BCUT2D eigenvalue weighted by atomic mass is 10.0. The summed E-state index contributed by atoms with van der Waals surface area (Å²) in [7, 11) is 0. The van der Waals surface area contributed by atoms with Crippen LogP contribution >= 0.6 is 0 Å². The molecular weight excluding hydrogens is 306 g/mol. The molecule has 0 atom stereocenters. The van der Waals surface area contributed by atoms with Crippen molar-refractivity contribution in [1.82, 2.24) is 0 Å². The van der Waals surface area contributed by atoms with E-state index in [0.29, 0.717) is 12.2 Å². The fourth-order valence-corrected chi connectivity index (χ4v) is 2.00. The van der Waals surface area contributed by atoms with E-state index in [1.807, 2.05) is 19.1 Å². The molecule has 0 unspecified atom stereocenters. The number of unbranched alkanes of at least 4 members (excludes halogenated alkanes) is 1. The number of carbonyl (C=O) groups is 1. The molecule has 1 rings (SSSR count). The van der Waals surface area contributed by atoms with Crippen LogP contribution in [0.4, 0.5) is 0 Å². The van der Waals surface area contributed by atoms with Gasteiger partial charge in [0.25, 0.3) is 0 Å². The van der Waals surface area contributed by atoms with Gasteiger partial charge in [0.15, 0.2) is 5.75 Å². The van der Waals surface area contributed by atoms with Gasteiger partial charge in [-0.2, -0.15) is 10.5 Å². The zero-order valence-electron chi connectivity index (χ0n) is 13.5. The molecule has 0 aliphatic heterocycles. The van der Waals surface area contributed by atoms with Crippen molar-refractivity contribution in [3.05, 3.63) is 52.7 Å². The van der Waals surface area contributed by atoms with Crippen LogP contribution in [0, 0.1) is 22.7 Å². The highest BCUT2D eigenvalue weighted by Gasteiger charge is 2.12. The minimum Gasteiger partial charge on any atom is -0.491 e. The largest absolute Gasteiger partial charge is 0.491 e. The van der Waals surface area contributed by atoms with E-state index in [2.05, 4.69) is 0 Å². The Bertz CT molecular complexity index is 702. The average molecular weight is 325 g/mol. The lowest BCUT2D eigenvalue weighted by Gasteiger charge is -2.11. The second-order valence-corrected chi connectivity index (χ2v) is 4.97. The summed E-state index contributed by atoms with van der Waals surface area (Å²) in [5.74, 6) is -0.821. The van der Waals surface area contributed by atoms with Gasteiger partial charge in [-0.05, 0) is 42.8 Å². The molecule has 0 aliphatic rings. The van der Waals surface area contributed by atoms with Crippen LogP contribution in [0.25, 0.3) is 0 Å². The van der Waals surface area contributed by atoms with Gasteiger partial charge < -0.3 is 15.6 Å². The smallest absolute Gasteiger partial charge is 0.335 e. The molecule has 0 saturated heterocycles. The molecule has 0 spiro atoms. The van der Waals surface area contributed by atoms with Crippen molar-refractivity contribution in [2.45, 2.75) is 26.2 Å². The normalized spacial score (nSPS) is 11.0. The van der Waals surface area contributed by atoms with Crippen LogP contribution in [0.5, 0.6) is 5.75 Å². The van der Waals surface area contributed by atoms with Gasteiger partial charge >= 0.3 is 5.97 Å². The van der Waals surface area contributed by atoms with Crippen molar-refractivity contribution < 1.29 is 14.6 Å². The van der Waals surface area contributed by atoms with E-state index in [4.69, 9.17) is 15.6 Å². The van der Waals surface area contributed by atoms with E-state index in [1.54, 1.807) is 12.1 Å². The molecule has 0 radical (unpaired) electrons. The average Bonchev–Trinajstić information content (AvgIpc) is 2.58. The topological polar surface area (TPSA) is 120 Å². The molecule has 0 bridgehead atoms. The van der Waals surface area contributed by atoms with Gasteiger partial charge in [0.2, 0.25) is 0 Å². The van der Waals surface area contributed by atoms with Crippen LogP contribution in [-0.2, 0) is 11.2 Å². The molecule has 0 aliphatic carbocycles. The SMILES string of the molecule is CCCCOc1c(C#N)cc(C/C=C(\C=C/N)C(=O)O)cc1C#N. The summed E-state index contributed by atoms with van der Waals surface area (Å²) in [5, 5.41) is 27.6. The van der Waals surface area contributed by atoms with Crippen molar-refractivity contribution in [2.75, 3.05) is 6.61 Å². The van der Waals surface area contributed by atoms with E-state index < -0.39 is 5.97 Å². The van der Waals surface area contributed by atoms with Crippen LogP contribution in [-0.4, -0.2) is 17.7 Å². The predicted molar refractivity (Wildman–Crippen MR) is 89.0 cm³/mol. The Morgan fingerprint density at radius 2 is 1.96 bits per heavy atom. The van der Waals surface area contributed by atoms with E-state index in [-0.39, 0.29) is 28.9 Å². The first-order chi connectivity index (χ1) is 11.6. The number of benzene rings is 1. The first kappa shape index (κ1) is 18.8. The Labute approximate surface area is 141 Å². The van der Waals surface area contributed by atoms with Gasteiger partial charge in [0.05, 0.1) is 23.3 Å². The summed E-state index contributed by atoms with van der Waals surface area (Å²) in [6.45, 7) is 2.45. The van der Waals surface area contributed by atoms with Gasteiger partial charge in [0, 0.05) is 0 Å². The van der Waals surface area contributed by atoms with Crippen molar-refractivity contribution in [1.29, 1.82) is 10.5 Å². The number of nitriles is 2. The molecule has 1 aromatic rings. The Hall–Kier alpha value is -3.25. The highest BCUT2D eigenvalue weighted by atomic mass is 16.5. The van der Waals surface area contributed by atoms with Crippen LogP contribution in [0.15, 0.2) is 36.1 Å². The maximum Gasteiger partial charge on any atom is 0.335 e. The molecule has 124 valence electrons. The zero-order valence-corrected chi connectivity index (χ0v) is 13.5. The third-order valence-corrected chi connectivity index (χ3v) is 3.21. The monoisotopic (exact) mass is 325 g/mol. The molecular formula is C18H19N3O3. The van der Waals surface area contributed by atoms with Crippen LogP contribution in [0.1, 0.15) is 36.5 Å². The molecule has 0 saturated carbocycles. The molecule has 3 N–H and O–H groups in total. The number of hydrogen-bond acceptors (Lipinski definition) is 5. The summed E-state index contributed by atoms with van der Waals surface area (Å²) in [4.78, 5) is 11.1. The van der Waals surface area contributed by atoms with Gasteiger partial charge in [0.1, 0.15) is 12.1 Å². The summed E-state index contributed by atoms with van der Waals surface area (Å²) in [5.41, 5.74) is 6.43. The second-order valence-electron chi connectivity index (χ2n) is 4.97. The molecule has 0 amide bonds. The Kier molecular flexibility index (Phi) is 7.60. The van der Waals surface area contributed by atoms with E-state index in [9.17, 15) is 15.3 Å². The predicted octanol–water partition coefficient (Wildman–Crippen LogP) is 2.63. The van der Waals surface area contributed by atoms with E-state index >= 15 is 0 Å². The number of hydrogen-bond donors (Lipinski definition) is 2. The molecule has 1 aromatic carbocycles. The van der Waals surface area contributed by atoms with Gasteiger partial charge in [-0.25, -0.2) is 4.79 Å². The Morgan fingerprint density at radius 1 is 1.33 bits per heavy atom. The van der Waals surface area contributed by atoms with Crippen molar-refractivity contribution in [2.24, 2.45) is 5.73 Å². The van der Waals surface area contributed by atoms with Crippen molar-refractivity contribution in [3.8, 4) is 17.9 Å². The molecule has 6 nitrogen and oxygen atoms in total. The van der Waals surface area contributed by atoms with E-state index in [1.165, 1.54) is 12.2 Å². The molecule has 0 aromatic heterocycles. The molecule has 24 heavy (non-hydrogen) atoms. The molecule has 0 heterocycles. The highest BCUT2D eigenvalue weighted by Crippen LogP contribution is 2.26. The number of carboxylic acids is 1.